The summed E-state index contributed by atoms with van der Waals surface area (Å²) in [6, 6.07) is 0. The molecule has 0 spiro atoms. The van der Waals surface area contributed by atoms with Gasteiger partial charge < -0.3 is 23.7 Å². The minimum absolute atomic E-state index is 0.134. The molecule has 1 fully saturated rings. The highest BCUT2D eigenvalue weighted by molar-refractivity contribution is 5.67. The van der Waals surface area contributed by atoms with E-state index in [1.165, 1.54) is 27.9 Å². The molecule has 1 heterocycles. The number of rotatable bonds is 5. The molecule has 4 atom stereocenters. The van der Waals surface area contributed by atoms with Gasteiger partial charge in [-0.25, -0.2) is 0 Å². The average Bonchev–Trinajstić information content (AvgIpc) is 2.63. The molecule has 1 aliphatic heterocycles. The first-order valence-corrected chi connectivity index (χ1v) is 6.01. The molecule has 0 aliphatic carbocycles. The van der Waals surface area contributed by atoms with Crippen molar-refractivity contribution in [3.63, 3.8) is 0 Å². The summed E-state index contributed by atoms with van der Waals surface area (Å²) >= 11 is 0. The van der Waals surface area contributed by atoms with Gasteiger partial charge in [0, 0.05) is 27.9 Å². The van der Waals surface area contributed by atoms with Gasteiger partial charge in [-0.1, -0.05) is 0 Å². The summed E-state index contributed by atoms with van der Waals surface area (Å²) in [6.07, 6.45) is -3.48. The van der Waals surface area contributed by atoms with E-state index in [1.54, 1.807) is 0 Å². The van der Waals surface area contributed by atoms with Crippen LogP contribution in [0.3, 0.4) is 0 Å². The monoisotopic (exact) mass is 290 g/mol. The molecule has 0 aromatic heterocycles. The highest BCUT2D eigenvalue weighted by Gasteiger charge is 2.49. The largest absolute Gasteiger partial charge is 0.463 e. The van der Waals surface area contributed by atoms with Gasteiger partial charge in [0.25, 0.3) is 0 Å². The highest BCUT2D eigenvalue weighted by atomic mass is 16.7. The number of hydrogen-bond acceptors (Lipinski definition) is 8. The van der Waals surface area contributed by atoms with E-state index in [-0.39, 0.29) is 6.61 Å². The van der Waals surface area contributed by atoms with Gasteiger partial charge in [0.1, 0.15) is 12.7 Å². The van der Waals surface area contributed by atoms with E-state index in [0.717, 1.165) is 0 Å². The third-order valence-corrected chi connectivity index (χ3v) is 2.55. The predicted molar refractivity (Wildman–Crippen MR) is 63.4 cm³/mol. The van der Waals surface area contributed by atoms with Crippen molar-refractivity contribution in [2.45, 2.75) is 45.4 Å². The van der Waals surface area contributed by atoms with Crippen LogP contribution in [-0.4, -0.2) is 56.2 Å². The fourth-order valence-corrected chi connectivity index (χ4v) is 1.87. The van der Waals surface area contributed by atoms with Crippen molar-refractivity contribution in [2.24, 2.45) is 0 Å². The zero-order valence-corrected chi connectivity index (χ0v) is 11.8. The Morgan fingerprint density at radius 3 is 1.95 bits per heavy atom. The number of ether oxygens (including phenoxy) is 5. The fourth-order valence-electron chi connectivity index (χ4n) is 1.87. The maximum Gasteiger partial charge on any atom is 0.303 e. The molecule has 0 amide bonds. The van der Waals surface area contributed by atoms with E-state index in [1.807, 2.05) is 0 Å². The van der Waals surface area contributed by atoms with Crippen molar-refractivity contribution in [3.05, 3.63) is 0 Å². The van der Waals surface area contributed by atoms with Crippen LogP contribution in [0, 0.1) is 0 Å². The Bertz CT molecular complexity index is 380. The average molecular weight is 290 g/mol. The molecule has 8 heteroatoms. The van der Waals surface area contributed by atoms with Crippen LogP contribution in [0.25, 0.3) is 0 Å². The molecule has 8 nitrogen and oxygen atoms in total. The van der Waals surface area contributed by atoms with Crippen LogP contribution in [0.2, 0.25) is 0 Å². The molecule has 0 N–H and O–H groups in total. The smallest absolute Gasteiger partial charge is 0.303 e. The molecule has 0 bridgehead atoms. The zero-order chi connectivity index (χ0) is 15.3. The van der Waals surface area contributed by atoms with E-state index >= 15 is 0 Å². The Morgan fingerprint density at radius 1 is 0.950 bits per heavy atom. The van der Waals surface area contributed by atoms with E-state index in [2.05, 4.69) is 0 Å². The van der Waals surface area contributed by atoms with E-state index in [0.29, 0.717) is 0 Å². The normalized spacial score (nSPS) is 28.8. The van der Waals surface area contributed by atoms with Crippen molar-refractivity contribution in [1.82, 2.24) is 0 Å². The van der Waals surface area contributed by atoms with Gasteiger partial charge in [-0.05, 0) is 0 Å². The van der Waals surface area contributed by atoms with Crippen LogP contribution >= 0.6 is 0 Å². The zero-order valence-electron chi connectivity index (χ0n) is 11.8. The molecular formula is C12H18O8. The SMILES string of the molecule is CO[C@@H]1O[C@H](COC(C)=O)C(OC(C)=O)C1OC(C)=O. The Balaban J connectivity index is 2.84. The molecule has 0 aromatic rings. The van der Waals surface area contributed by atoms with E-state index in [9.17, 15) is 14.4 Å². The van der Waals surface area contributed by atoms with Crippen molar-refractivity contribution in [2.75, 3.05) is 13.7 Å². The minimum atomic E-state index is -0.915. The Labute approximate surface area is 116 Å². The van der Waals surface area contributed by atoms with Crippen molar-refractivity contribution in [3.8, 4) is 0 Å². The second kappa shape index (κ2) is 7.20. The predicted octanol–water partition coefficient (Wildman–Crippen LogP) is -0.216. The summed E-state index contributed by atoms with van der Waals surface area (Å²) in [5, 5.41) is 0. The number of esters is 3. The van der Waals surface area contributed by atoms with E-state index < -0.39 is 42.5 Å². The molecule has 0 saturated carbocycles. The van der Waals surface area contributed by atoms with Gasteiger partial charge in [0.05, 0.1) is 0 Å². The van der Waals surface area contributed by atoms with Crippen molar-refractivity contribution < 1.29 is 38.1 Å². The standard InChI is InChI=1S/C12H18O8/c1-6(13)17-5-9-10(18-7(2)14)11(19-8(3)15)12(16-4)20-9/h9-12H,5H2,1-4H3/t9-,10?,11?,12-/m1/s1. The number of methoxy groups -OCH3 is 1. The number of hydrogen-bond donors (Lipinski definition) is 0. The second-order valence-electron chi connectivity index (χ2n) is 4.23. The van der Waals surface area contributed by atoms with Crippen LogP contribution in [0.15, 0.2) is 0 Å². The molecule has 0 aromatic carbocycles. The first-order valence-electron chi connectivity index (χ1n) is 6.01. The third kappa shape index (κ3) is 4.46. The van der Waals surface area contributed by atoms with Gasteiger partial charge >= 0.3 is 17.9 Å². The van der Waals surface area contributed by atoms with Gasteiger partial charge in [-0.2, -0.15) is 0 Å². The van der Waals surface area contributed by atoms with Crippen molar-refractivity contribution in [1.29, 1.82) is 0 Å². The lowest BCUT2D eigenvalue weighted by Crippen LogP contribution is -2.41. The Hall–Kier alpha value is -1.67. The summed E-state index contributed by atoms with van der Waals surface area (Å²) in [5.41, 5.74) is 0. The van der Waals surface area contributed by atoms with Crippen LogP contribution in [-0.2, 0) is 38.1 Å². The highest BCUT2D eigenvalue weighted by Crippen LogP contribution is 2.27. The lowest BCUT2D eigenvalue weighted by atomic mass is 10.1. The summed E-state index contributed by atoms with van der Waals surface area (Å²) in [7, 11) is 1.36. The maximum absolute atomic E-state index is 11.1. The summed E-state index contributed by atoms with van der Waals surface area (Å²) in [4.78, 5) is 33.1. The summed E-state index contributed by atoms with van der Waals surface area (Å²) in [5.74, 6) is -1.63. The lowest BCUT2D eigenvalue weighted by Gasteiger charge is -2.22. The topological polar surface area (TPSA) is 97.4 Å². The van der Waals surface area contributed by atoms with Gasteiger partial charge in [0.15, 0.2) is 18.5 Å². The van der Waals surface area contributed by atoms with E-state index in [4.69, 9.17) is 23.7 Å². The summed E-state index contributed by atoms with van der Waals surface area (Å²) in [6.45, 7) is 3.54. The van der Waals surface area contributed by atoms with Crippen molar-refractivity contribution >= 4 is 17.9 Å². The first kappa shape index (κ1) is 16.4. The van der Waals surface area contributed by atoms with Gasteiger partial charge in [-0.15, -0.1) is 0 Å². The van der Waals surface area contributed by atoms with Crippen LogP contribution in [0.4, 0.5) is 0 Å². The molecule has 0 radical (unpaired) electrons. The number of carbonyl (C=O) groups is 3. The molecule has 114 valence electrons. The molecule has 1 rings (SSSR count). The Kier molecular flexibility index (Phi) is 5.90. The van der Waals surface area contributed by atoms with Gasteiger partial charge in [-0.3, -0.25) is 14.4 Å². The third-order valence-electron chi connectivity index (χ3n) is 2.55. The molecule has 1 saturated heterocycles. The summed E-state index contributed by atoms with van der Waals surface area (Å²) < 4.78 is 25.5. The molecular weight excluding hydrogens is 272 g/mol. The molecule has 2 unspecified atom stereocenters. The first-order chi connectivity index (χ1) is 9.35. The fraction of sp³-hybridized carbons (Fsp3) is 0.750. The van der Waals surface area contributed by atoms with Crippen LogP contribution in [0.1, 0.15) is 20.8 Å². The number of carbonyl (C=O) groups excluding carboxylic acids is 3. The van der Waals surface area contributed by atoms with Gasteiger partial charge in [0.2, 0.25) is 0 Å². The Morgan fingerprint density at radius 2 is 1.50 bits per heavy atom. The minimum Gasteiger partial charge on any atom is -0.463 e. The quantitative estimate of drug-likeness (QED) is 0.506. The lowest BCUT2D eigenvalue weighted by molar-refractivity contribution is -0.181. The maximum atomic E-state index is 11.1. The molecule has 20 heavy (non-hydrogen) atoms. The second-order valence-corrected chi connectivity index (χ2v) is 4.23. The van der Waals surface area contributed by atoms with Crippen LogP contribution in [0.5, 0.6) is 0 Å². The van der Waals surface area contributed by atoms with Crippen LogP contribution < -0.4 is 0 Å². The molecule has 1 aliphatic rings.